The number of carbonyl (C=O) groups excluding carboxylic acids is 1. The highest BCUT2D eigenvalue weighted by Gasteiger charge is 2.18. The Morgan fingerprint density at radius 1 is 1.22 bits per heavy atom. The smallest absolute Gasteiger partial charge is 0.339 e. The van der Waals surface area contributed by atoms with Crippen molar-refractivity contribution in [2.24, 2.45) is 0 Å². The van der Waals surface area contributed by atoms with Crippen LogP contribution in [0.1, 0.15) is 43.6 Å². The van der Waals surface area contributed by atoms with Crippen LogP contribution in [-0.4, -0.2) is 43.7 Å². The van der Waals surface area contributed by atoms with Gasteiger partial charge in [-0.2, -0.15) is 5.10 Å². The molecule has 0 spiro atoms. The number of amides is 1. The van der Waals surface area contributed by atoms with Gasteiger partial charge in [0.1, 0.15) is 17.1 Å². The zero-order valence-corrected chi connectivity index (χ0v) is 15.6. The fourth-order valence-electron chi connectivity index (χ4n) is 2.86. The van der Waals surface area contributed by atoms with Gasteiger partial charge in [-0.1, -0.05) is 0 Å². The SMILES string of the molecule is Cc1cc(C)n(-c2ccc(C(=O)N(C)Cc3cc(C(=O)O)c(C)o3)cn2)n1. The molecule has 3 rings (SSSR count). The van der Waals surface area contributed by atoms with Gasteiger partial charge in [-0.15, -0.1) is 0 Å². The summed E-state index contributed by atoms with van der Waals surface area (Å²) in [6.45, 7) is 5.58. The Balaban J connectivity index is 1.74. The summed E-state index contributed by atoms with van der Waals surface area (Å²) in [5, 5.41) is 13.5. The molecule has 0 saturated heterocycles. The second-order valence-corrected chi connectivity index (χ2v) is 6.39. The third-order valence-corrected chi connectivity index (χ3v) is 4.16. The number of hydrogen-bond acceptors (Lipinski definition) is 5. The van der Waals surface area contributed by atoms with Crippen LogP contribution in [0.25, 0.3) is 5.82 Å². The average molecular weight is 368 g/mol. The number of aromatic carboxylic acids is 1. The second kappa shape index (κ2) is 7.06. The fraction of sp³-hybridized carbons (Fsp3) is 0.263. The van der Waals surface area contributed by atoms with Gasteiger partial charge in [-0.25, -0.2) is 14.5 Å². The molecule has 0 aliphatic carbocycles. The lowest BCUT2D eigenvalue weighted by Gasteiger charge is -2.15. The highest BCUT2D eigenvalue weighted by Crippen LogP contribution is 2.17. The van der Waals surface area contributed by atoms with Gasteiger partial charge in [0, 0.05) is 18.9 Å². The molecule has 0 fully saturated rings. The van der Waals surface area contributed by atoms with Crippen LogP contribution >= 0.6 is 0 Å². The van der Waals surface area contributed by atoms with Crippen molar-refractivity contribution in [1.82, 2.24) is 19.7 Å². The minimum Gasteiger partial charge on any atom is -0.478 e. The molecule has 1 N–H and O–H groups in total. The summed E-state index contributed by atoms with van der Waals surface area (Å²) in [6, 6.07) is 6.81. The summed E-state index contributed by atoms with van der Waals surface area (Å²) < 4.78 is 7.14. The number of rotatable bonds is 5. The lowest BCUT2D eigenvalue weighted by molar-refractivity contribution is 0.0694. The van der Waals surface area contributed by atoms with Crippen molar-refractivity contribution in [3.63, 3.8) is 0 Å². The Morgan fingerprint density at radius 3 is 2.48 bits per heavy atom. The quantitative estimate of drug-likeness (QED) is 0.743. The largest absolute Gasteiger partial charge is 0.478 e. The summed E-state index contributed by atoms with van der Waals surface area (Å²) in [5.41, 5.74) is 2.37. The Bertz CT molecular complexity index is 1000. The van der Waals surface area contributed by atoms with Gasteiger partial charge >= 0.3 is 5.97 Å². The average Bonchev–Trinajstić information content (AvgIpc) is 3.15. The molecule has 1 amide bonds. The monoisotopic (exact) mass is 368 g/mol. The van der Waals surface area contributed by atoms with Gasteiger partial charge in [0.05, 0.1) is 17.8 Å². The van der Waals surface area contributed by atoms with Crippen LogP contribution in [0.2, 0.25) is 0 Å². The van der Waals surface area contributed by atoms with Gasteiger partial charge in [0.25, 0.3) is 5.91 Å². The van der Waals surface area contributed by atoms with E-state index in [-0.39, 0.29) is 18.0 Å². The second-order valence-electron chi connectivity index (χ2n) is 6.39. The van der Waals surface area contributed by atoms with Gasteiger partial charge in [-0.05, 0) is 45.0 Å². The molecule has 3 heterocycles. The number of carboxylic acid groups (broad SMARTS) is 1. The number of furan rings is 1. The molecule has 0 radical (unpaired) electrons. The molecule has 8 nitrogen and oxygen atoms in total. The van der Waals surface area contributed by atoms with E-state index in [1.807, 2.05) is 19.9 Å². The summed E-state index contributed by atoms with van der Waals surface area (Å²) in [6.07, 6.45) is 1.50. The standard InChI is InChI=1S/C19H20N4O4/c1-11-7-12(2)23(21-11)17-6-5-14(9-20-17)18(24)22(4)10-15-8-16(19(25)26)13(3)27-15/h5-9H,10H2,1-4H3,(H,25,26). The van der Waals surface area contributed by atoms with E-state index >= 15 is 0 Å². The molecule has 0 aliphatic heterocycles. The van der Waals surface area contributed by atoms with Crippen molar-refractivity contribution in [3.8, 4) is 5.82 Å². The summed E-state index contributed by atoms with van der Waals surface area (Å²) in [4.78, 5) is 29.5. The highest BCUT2D eigenvalue weighted by atomic mass is 16.4. The Morgan fingerprint density at radius 2 is 1.96 bits per heavy atom. The van der Waals surface area contributed by atoms with Crippen molar-refractivity contribution in [3.05, 3.63) is 64.5 Å². The Kier molecular flexibility index (Phi) is 4.81. The first kappa shape index (κ1) is 18.4. The lowest BCUT2D eigenvalue weighted by Crippen LogP contribution is -2.26. The van der Waals surface area contributed by atoms with Gasteiger partial charge in [-0.3, -0.25) is 4.79 Å². The molecule has 0 aliphatic rings. The first-order valence-electron chi connectivity index (χ1n) is 8.34. The third-order valence-electron chi connectivity index (χ3n) is 4.16. The third kappa shape index (κ3) is 3.74. The van der Waals surface area contributed by atoms with E-state index in [2.05, 4.69) is 10.1 Å². The summed E-state index contributed by atoms with van der Waals surface area (Å²) >= 11 is 0. The van der Waals surface area contributed by atoms with Crippen LogP contribution in [-0.2, 0) is 6.54 Å². The fourth-order valence-corrected chi connectivity index (χ4v) is 2.86. The van der Waals surface area contributed by atoms with E-state index in [1.54, 1.807) is 30.8 Å². The van der Waals surface area contributed by atoms with Crippen LogP contribution in [0.4, 0.5) is 0 Å². The Labute approximate surface area is 156 Å². The van der Waals surface area contributed by atoms with Crippen LogP contribution in [0.3, 0.4) is 0 Å². The number of carboxylic acids is 1. The molecular formula is C19H20N4O4. The molecule has 0 atom stereocenters. The van der Waals surface area contributed by atoms with Gasteiger partial charge < -0.3 is 14.4 Å². The number of nitrogens with zero attached hydrogens (tertiary/aromatic N) is 4. The molecule has 0 unspecified atom stereocenters. The number of pyridine rings is 1. The van der Waals surface area contributed by atoms with Gasteiger partial charge in [0.2, 0.25) is 0 Å². The summed E-state index contributed by atoms with van der Waals surface area (Å²) in [5.74, 6) is 0.0588. The normalized spacial score (nSPS) is 10.8. The molecule has 0 saturated carbocycles. The minimum absolute atomic E-state index is 0.0988. The molecule has 140 valence electrons. The van der Waals surface area contributed by atoms with E-state index in [0.29, 0.717) is 22.9 Å². The first-order chi connectivity index (χ1) is 12.8. The molecule has 3 aromatic heterocycles. The topological polar surface area (TPSA) is 101 Å². The van der Waals surface area contributed by atoms with Crippen LogP contribution in [0.15, 0.2) is 34.9 Å². The molecule has 27 heavy (non-hydrogen) atoms. The molecule has 8 heteroatoms. The summed E-state index contributed by atoms with van der Waals surface area (Å²) in [7, 11) is 1.62. The minimum atomic E-state index is -1.06. The van der Waals surface area contributed by atoms with Crippen molar-refractivity contribution in [1.29, 1.82) is 0 Å². The maximum absolute atomic E-state index is 12.6. The molecule has 0 bridgehead atoms. The van der Waals surface area contributed by atoms with Crippen LogP contribution in [0, 0.1) is 20.8 Å². The highest BCUT2D eigenvalue weighted by molar-refractivity contribution is 5.94. The molecular weight excluding hydrogens is 348 g/mol. The zero-order chi connectivity index (χ0) is 19.7. The van der Waals surface area contributed by atoms with Crippen molar-refractivity contribution < 1.29 is 19.1 Å². The predicted octanol–water partition coefficient (Wildman–Crippen LogP) is 2.76. The number of aryl methyl sites for hydroxylation is 3. The van der Waals surface area contributed by atoms with Crippen LogP contribution in [0.5, 0.6) is 0 Å². The van der Waals surface area contributed by atoms with E-state index in [1.165, 1.54) is 17.2 Å². The van der Waals surface area contributed by atoms with Gasteiger partial charge in [0.15, 0.2) is 5.82 Å². The lowest BCUT2D eigenvalue weighted by atomic mass is 10.2. The van der Waals surface area contributed by atoms with Crippen molar-refractivity contribution in [2.75, 3.05) is 7.05 Å². The zero-order valence-electron chi connectivity index (χ0n) is 15.6. The van der Waals surface area contributed by atoms with E-state index in [0.717, 1.165) is 11.4 Å². The van der Waals surface area contributed by atoms with Crippen molar-refractivity contribution in [2.45, 2.75) is 27.3 Å². The molecule has 3 aromatic rings. The molecule has 0 aromatic carbocycles. The maximum Gasteiger partial charge on any atom is 0.339 e. The Hall–Kier alpha value is -3.42. The van der Waals surface area contributed by atoms with E-state index in [9.17, 15) is 9.59 Å². The van der Waals surface area contributed by atoms with E-state index in [4.69, 9.17) is 9.52 Å². The maximum atomic E-state index is 12.6. The number of hydrogen-bond donors (Lipinski definition) is 1. The van der Waals surface area contributed by atoms with E-state index < -0.39 is 5.97 Å². The first-order valence-corrected chi connectivity index (χ1v) is 8.34. The number of aromatic nitrogens is 3. The predicted molar refractivity (Wildman–Crippen MR) is 97.0 cm³/mol. The van der Waals surface area contributed by atoms with Crippen LogP contribution < -0.4 is 0 Å². The van der Waals surface area contributed by atoms with Crippen molar-refractivity contribution >= 4 is 11.9 Å². The number of carbonyl (C=O) groups is 2.